The van der Waals surface area contributed by atoms with Crippen LogP contribution in [0.3, 0.4) is 0 Å². The molecule has 4 heteroatoms. The monoisotopic (exact) mass is 824 g/mol. The van der Waals surface area contributed by atoms with Crippen LogP contribution in [-0.4, -0.2) is 9.97 Å². The minimum absolute atomic E-state index is 0.691. The van der Waals surface area contributed by atoms with Gasteiger partial charge in [-0.3, -0.25) is 0 Å². The molecule has 3 heterocycles. The topological polar surface area (TPSA) is 25.8 Å². The first kappa shape index (κ1) is 36.4. The molecule has 0 atom stereocenters. The number of thiophene rings is 2. The Morgan fingerprint density at radius 1 is 0.258 bits per heavy atom. The predicted octanol–water partition coefficient (Wildman–Crippen LogP) is 16.9. The Kier molecular flexibility index (Phi) is 8.91. The van der Waals surface area contributed by atoms with Crippen LogP contribution in [0.2, 0.25) is 0 Å². The fourth-order valence-corrected chi connectivity index (χ4v) is 11.3. The Balaban J connectivity index is 1.04. The van der Waals surface area contributed by atoms with Crippen molar-refractivity contribution in [1.29, 1.82) is 0 Å². The van der Waals surface area contributed by atoms with Crippen LogP contribution in [0.5, 0.6) is 0 Å². The van der Waals surface area contributed by atoms with E-state index >= 15 is 0 Å². The molecule has 9 aromatic carbocycles. The number of rotatable bonds is 7. The summed E-state index contributed by atoms with van der Waals surface area (Å²) in [5.74, 6) is 0.691. The lowest BCUT2D eigenvalue weighted by Crippen LogP contribution is -1.97. The normalized spacial score (nSPS) is 11.5. The van der Waals surface area contributed by atoms with Crippen molar-refractivity contribution in [3.8, 4) is 78.4 Å². The average molecular weight is 825 g/mol. The molecule has 0 saturated carbocycles. The molecule has 62 heavy (non-hydrogen) atoms. The van der Waals surface area contributed by atoms with Gasteiger partial charge in [0, 0.05) is 57.0 Å². The van der Waals surface area contributed by atoms with Gasteiger partial charge in [-0.1, -0.05) is 176 Å². The van der Waals surface area contributed by atoms with Crippen LogP contribution in [-0.2, 0) is 0 Å². The molecule has 0 spiro atoms. The Labute approximate surface area is 367 Å². The first-order valence-electron chi connectivity index (χ1n) is 20.9. The van der Waals surface area contributed by atoms with Crippen molar-refractivity contribution in [2.45, 2.75) is 0 Å². The molecule has 0 bridgehead atoms. The Bertz CT molecular complexity index is 3490. The highest BCUT2D eigenvalue weighted by Gasteiger charge is 2.18. The highest BCUT2D eigenvalue weighted by atomic mass is 32.1. The molecular formula is C58H36N2S2. The molecule has 12 rings (SSSR count). The summed E-state index contributed by atoms with van der Waals surface area (Å²) in [4.78, 5) is 10.8. The minimum atomic E-state index is 0.691. The van der Waals surface area contributed by atoms with Gasteiger partial charge < -0.3 is 0 Å². The highest BCUT2D eigenvalue weighted by Crippen LogP contribution is 2.45. The molecule has 0 fully saturated rings. The summed E-state index contributed by atoms with van der Waals surface area (Å²) < 4.78 is 5.15. The number of fused-ring (bicyclic) bond motifs is 6. The van der Waals surface area contributed by atoms with Crippen LogP contribution in [0.15, 0.2) is 218 Å². The largest absolute Gasteiger partial charge is 0.228 e. The van der Waals surface area contributed by atoms with E-state index in [9.17, 15) is 0 Å². The Hall–Kier alpha value is -7.50. The number of hydrogen-bond acceptors (Lipinski definition) is 4. The minimum Gasteiger partial charge on any atom is -0.228 e. The highest BCUT2D eigenvalue weighted by molar-refractivity contribution is 7.26. The maximum atomic E-state index is 5.41. The van der Waals surface area contributed by atoms with Gasteiger partial charge >= 0.3 is 0 Å². The van der Waals surface area contributed by atoms with E-state index in [1.807, 2.05) is 22.7 Å². The van der Waals surface area contributed by atoms with Crippen LogP contribution in [0, 0.1) is 0 Å². The lowest BCUT2D eigenvalue weighted by Gasteiger charge is -2.14. The maximum absolute atomic E-state index is 5.41. The van der Waals surface area contributed by atoms with Crippen LogP contribution in [0.1, 0.15) is 0 Å². The SMILES string of the molecule is c1ccc(-c2cccc(-c3ccc(-c4cc(-c5ccccc5)nc(-c5cc(-c6cccc7c6sc6ccccc67)cc(-c6cccc7c6sc6ccccc67)c5)n4)cc3)c2)cc1. The summed E-state index contributed by atoms with van der Waals surface area (Å²) in [5.41, 5.74) is 14.3. The predicted molar refractivity (Wildman–Crippen MR) is 266 cm³/mol. The molecule has 3 aromatic heterocycles. The molecule has 0 unspecified atom stereocenters. The third-order valence-corrected chi connectivity index (χ3v) is 14.3. The van der Waals surface area contributed by atoms with E-state index in [-0.39, 0.29) is 0 Å². The van der Waals surface area contributed by atoms with Crippen LogP contribution >= 0.6 is 22.7 Å². The second kappa shape index (κ2) is 15.2. The fraction of sp³-hybridized carbons (Fsp3) is 0. The molecular weight excluding hydrogens is 789 g/mol. The molecule has 0 radical (unpaired) electrons. The van der Waals surface area contributed by atoms with Crippen molar-refractivity contribution >= 4 is 63.0 Å². The van der Waals surface area contributed by atoms with Gasteiger partial charge in [-0.15, -0.1) is 22.7 Å². The molecule has 0 aliphatic carbocycles. The van der Waals surface area contributed by atoms with Crippen LogP contribution < -0.4 is 0 Å². The van der Waals surface area contributed by atoms with Gasteiger partial charge in [-0.2, -0.15) is 0 Å². The van der Waals surface area contributed by atoms with E-state index in [0.717, 1.165) is 44.8 Å². The quantitative estimate of drug-likeness (QED) is 0.160. The lowest BCUT2D eigenvalue weighted by molar-refractivity contribution is 1.18. The van der Waals surface area contributed by atoms with Crippen molar-refractivity contribution in [1.82, 2.24) is 9.97 Å². The number of benzene rings is 9. The molecule has 0 amide bonds. The summed E-state index contributed by atoms with van der Waals surface area (Å²) in [7, 11) is 0. The second-order valence-electron chi connectivity index (χ2n) is 15.7. The summed E-state index contributed by atoms with van der Waals surface area (Å²) >= 11 is 3.72. The van der Waals surface area contributed by atoms with Gasteiger partial charge in [0.05, 0.1) is 11.4 Å². The van der Waals surface area contributed by atoms with Crippen molar-refractivity contribution < 1.29 is 0 Å². The van der Waals surface area contributed by atoms with Gasteiger partial charge in [0.25, 0.3) is 0 Å². The van der Waals surface area contributed by atoms with Gasteiger partial charge in [0.15, 0.2) is 5.82 Å². The van der Waals surface area contributed by atoms with Gasteiger partial charge in [-0.05, 0) is 87.0 Å². The number of nitrogens with zero attached hydrogens (tertiary/aromatic N) is 2. The van der Waals surface area contributed by atoms with Gasteiger partial charge in [-0.25, -0.2) is 9.97 Å². The molecule has 2 nitrogen and oxygen atoms in total. The van der Waals surface area contributed by atoms with Crippen molar-refractivity contribution in [2.75, 3.05) is 0 Å². The lowest BCUT2D eigenvalue weighted by atomic mass is 9.94. The smallest absolute Gasteiger partial charge is 0.160 e. The first-order chi connectivity index (χ1) is 30.7. The zero-order valence-electron chi connectivity index (χ0n) is 33.5. The fourth-order valence-electron chi connectivity index (χ4n) is 8.84. The third-order valence-electron chi connectivity index (χ3n) is 11.9. The molecule has 12 aromatic rings. The summed E-state index contributed by atoms with van der Waals surface area (Å²) in [6.45, 7) is 0. The summed E-state index contributed by atoms with van der Waals surface area (Å²) in [6.07, 6.45) is 0. The Morgan fingerprint density at radius 2 is 0.645 bits per heavy atom. The standard InChI is InChI=1S/C58H36N2S2/c1-3-14-37(15-4-1)41-18-11-19-42(32-41)38-28-30-40(31-29-38)53-36-52(39-16-5-2-6-17-39)59-58(60-53)45-34-43(46-22-12-24-50-48-20-7-9-26-54(48)61-56(46)50)33-44(35-45)47-23-13-25-51-49-21-8-10-27-55(49)62-57(47)51/h1-36H. The van der Waals surface area contributed by atoms with E-state index in [2.05, 4.69) is 218 Å². The molecule has 0 aliphatic heterocycles. The summed E-state index contributed by atoms with van der Waals surface area (Å²) in [6, 6.07) is 78.6. The van der Waals surface area contributed by atoms with Crippen molar-refractivity contribution in [3.05, 3.63) is 218 Å². The molecule has 0 aliphatic rings. The van der Waals surface area contributed by atoms with Crippen LogP contribution in [0.25, 0.3) is 119 Å². The van der Waals surface area contributed by atoms with Crippen molar-refractivity contribution in [2.24, 2.45) is 0 Å². The van der Waals surface area contributed by atoms with E-state index < -0.39 is 0 Å². The zero-order valence-corrected chi connectivity index (χ0v) is 35.1. The molecule has 0 N–H and O–H groups in total. The van der Waals surface area contributed by atoms with Crippen LogP contribution in [0.4, 0.5) is 0 Å². The number of hydrogen-bond donors (Lipinski definition) is 0. The van der Waals surface area contributed by atoms with Gasteiger partial charge in [0.1, 0.15) is 0 Å². The van der Waals surface area contributed by atoms with E-state index in [0.29, 0.717) is 5.82 Å². The summed E-state index contributed by atoms with van der Waals surface area (Å²) in [5, 5.41) is 5.14. The molecule has 0 saturated heterocycles. The zero-order chi connectivity index (χ0) is 41.0. The number of aromatic nitrogens is 2. The van der Waals surface area contributed by atoms with Crippen molar-refractivity contribution in [3.63, 3.8) is 0 Å². The van der Waals surface area contributed by atoms with E-state index in [1.54, 1.807) is 0 Å². The van der Waals surface area contributed by atoms with E-state index in [1.165, 1.54) is 68.2 Å². The maximum Gasteiger partial charge on any atom is 0.160 e. The van der Waals surface area contributed by atoms with Gasteiger partial charge in [0.2, 0.25) is 0 Å². The first-order valence-corrected chi connectivity index (χ1v) is 22.5. The van der Waals surface area contributed by atoms with E-state index in [4.69, 9.17) is 9.97 Å². The average Bonchev–Trinajstić information content (AvgIpc) is 3.93. The second-order valence-corrected chi connectivity index (χ2v) is 17.8. The Morgan fingerprint density at radius 3 is 1.21 bits per heavy atom. The molecule has 290 valence electrons. The third kappa shape index (κ3) is 6.49.